The molecule has 3 aliphatic heterocycles. The van der Waals surface area contributed by atoms with Crippen molar-refractivity contribution in [3.63, 3.8) is 0 Å². The number of esters is 1. The number of hydrogen-bond donors (Lipinski definition) is 1. The number of anilines is 1. The fourth-order valence-corrected chi connectivity index (χ4v) is 9.48. The Labute approximate surface area is 253 Å². The monoisotopic (exact) mass is 590 g/mol. The maximum atomic E-state index is 14.8. The summed E-state index contributed by atoms with van der Waals surface area (Å²) in [6.07, 6.45) is 6.86. The first-order chi connectivity index (χ1) is 20.3. The topological polar surface area (TPSA) is 87.1 Å². The van der Waals surface area contributed by atoms with Crippen molar-refractivity contribution in [2.45, 2.75) is 68.0 Å². The van der Waals surface area contributed by atoms with Crippen LogP contribution in [0.4, 0.5) is 5.69 Å². The van der Waals surface area contributed by atoms with Gasteiger partial charge < -0.3 is 19.6 Å². The summed E-state index contributed by atoms with van der Waals surface area (Å²) in [6.45, 7) is 12.0. The maximum Gasteiger partial charge on any atom is 0.310 e. The van der Waals surface area contributed by atoms with Crippen molar-refractivity contribution < 1.29 is 24.2 Å². The Kier molecular flexibility index (Phi) is 9.14. The van der Waals surface area contributed by atoms with Gasteiger partial charge in [-0.3, -0.25) is 14.4 Å². The summed E-state index contributed by atoms with van der Waals surface area (Å²) in [6, 6.07) is 12.6. The highest BCUT2D eigenvalue weighted by Gasteiger charge is 2.74. The number of fused-ring (bicyclic) bond motifs is 2. The first-order valence-corrected chi connectivity index (χ1v) is 15.9. The summed E-state index contributed by atoms with van der Waals surface area (Å²) >= 11 is 1.62. The lowest BCUT2D eigenvalue weighted by molar-refractivity contribution is -0.154. The van der Waals surface area contributed by atoms with Gasteiger partial charge in [0.15, 0.2) is 0 Å². The van der Waals surface area contributed by atoms with Crippen LogP contribution in [0, 0.1) is 17.8 Å². The first-order valence-electron chi connectivity index (χ1n) is 15.1. The molecule has 0 aromatic heterocycles. The molecule has 224 valence electrons. The van der Waals surface area contributed by atoms with Gasteiger partial charge in [-0.15, -0.1) is 24.9 Å². The van der Waals surface area contributed by atoms with Gasteiger partial charge in [0, 0.05) is 17.5 Å². The molecule has 7 nitrogen and oxygen atoms in total. The minimum Gasteiger partial charge on any atom is -0.465 e. The van der Waals surface area contributed by atoms with E-state index in [0.717, 1.165) is 29.3 Å². The van der Waals surface area contributed by atoms with Crippen LogP contribution in [0.25, 0.3) is 10.8 Å². The SMILES string of the molecule is C=CCCCOC(=O)[C@@H]1[C@H]2C(=O)N([C@@H](CO)CC(C)C)C(C(=O)N(CC=C)c3ccc4ccccc4c3)C23CC[C@H]1S3. The highest BCUT2D eigenvalue weighted by Crippen LogP contribution is 2.67. The van der Waals surface area contributed by atoms with E-state index in [1.165, 1.54) is 0 Å². The number of ether oxygens (including phenoxy) is 1. The molecule has 6 atom stereocenters. The number of benzene rings is 2. The van der Waals surface area contributed by atoms with Gasteiger partial charge in [-0.05, 0) is 60.9 Å². The molecule has 8 heteroatoms. The smallest absolute Gasteiger partial charge is 0.310 e. The second kappa shape index (κ2) is 12.6. The van der Waals surface area contributed by atoms with Gasteiger partial charge in [0.25, 0.3) is 5.91 Å². The number of thioether (sulfide) groups is 1. The lowest BCUT2D eigenvalue weighted by Crippen LogP contribution is -2.57. The maximum absolute atomic E-state index is 14.8. The van der Waals surface area contributed by atoms with Crippen molar-refractivity contribution in [3.05, 3.63) is 67.8 Å². The molecule has 5 rings (SSSR count). The van der Waals surface area contributed by atoms with Crippen molar-refractivity contribution in [3.8, 4) is 0 Å². The van der Waals surface area contributed by atoms with E-state index in [4.69, 9.17) is 4.74 Å². The van der Waals surface area contributed by atoms with Crippen molar-refractivity contribution >= 4 is 46.0 Å². The Hall–Kier alpha value is -3.10. The molecule has 3 heterocycles. The largest absolute Gasteiger partial charge is 0.465 e. The van der Waals surface area contributed by atoms with Crippen molar-refractivity contribution in [2.24, 2.45) is 17.8 Å². The number of carbonyl (C=O) groups is 3. The van der Waals surface area contributed by atoms with Crippen LogP contribution in [0.2, 0.25) is 0 Å². The molecule has 2 aromatic carbocycles. The third-order valence-electron chi connectivity index (χ3n) is 9.01. The lowest BCUT2D eigenvalue weighted by atomic mass is 9.71. The number of aliphatic hydroxyl groups is 1. The van der Waals surface area contributed by atoms with Crippen LogP contribution in [0.3, 0.4) is 0 Å². The zero-order chi connectivity index (χ0) is 30.0. The molecule has 0 radical (unpaired) electrons. The Morgan fingerprint density at radius 1 is 1.19 bits per heavy atom. The summed E-state index contributed by atoms with van der Waals surface area (Å²) in [5.41, 5.74) is 0.728. The predicted octanol–water partition coefficient (Wildman–Crippen LogP) is 5.37. The molecule has 1 N–H and O–H groups in total. The number of allylic oxidation sites excluding steroid dienone is 1. The minimum absolute atomic E-state index is 0.0745. The number of amides is 2. The van der Waals surface area contributed by atoms with Gasteiger partial charge in [-0.1, -0.05) is 56.3 Å². The van der Waals surface area contributed by atoms with Crippen LogP contribution < -0.4 is 4.90 Å². The average molecular weight is 591 g/mol. The van der Waals surface area contributed by atoms with Crippen molar-refractivity contribution in [1.29, 1.82) is 0 Å². The second-order valence-electron chi connectivity index (χ2n) is 12.1. The van der Waals surface area contributed by atoms with Gasteiger partial charge in [0.1, 0.15) is 6.04 Å². The van der Waals surface area contributed by atoms with E-state index in [1.54, 1.807) is 33.7 Å². The van der Waals surface area contributed by atoms with Crippen LogP contribution >= 0.6 is 11.8 Å². The van der Waals surface area contributed by atoms with E-state index >= 15 is 0 Å². The summed E-state index contributed by atoms with van der Waals surface area (Å²) < 4.78 is 4.92. The molecule has 42 heavy (non-hydrogen) atoms. The summed E-state index contributed by atoms with van der Waals surface area (Å²) in [5, 5.41) is 12.6. The fraction of sp³-hybridized carbons (Fsp3) is 0.500. The Morgan fingerprint density at radius 3 is 2.64 bits per heavy atom. The lowest BCUT2D eigenvalue weighted by Gasteiger charge is -2.40. The Balaban J connectivity index is 1.55. The Bertz CT molecular complexity index is 1360. The molecule has 0 aliphatic carbocycles. The van der Waals surface area contributed by atoms with Crippen LogP contribution in [0.15, 0.2) is 67.8 Å². The van der Waals surface area contributed by atoms with Gasteiger partial charge in [-0.2, -0.15) is 0 Å². The third-order valence-corrected chi connectivity index (χ3v) is 11.0. The number of nitrogens with zero attached hydrogens (tertiary/aromatic N) is 2. The van der Waals surface area contributed by atoms with Gasteiger partial charge in [-0.25, -0.2) is 0 Å². The number of aliphatic hydroxyl groups excluding tert-OH is 1. The molecule has 0 saturated carbocycles. The average Bonchev–Trinajstić information content (AvgIpc) is 3.63. The molecule has 2 bridgehead atoms. The van der Waals surface area contributed by atoms with Gasteiger partial charge >= 0.3 is 5.97 Å². The first kappa shape index (κ1) is 30.4. The molecule has 1 spiro atoms. The van der Waals surface area contributed by atoms with Gasteiger partial charge in [0.2, 0.25) is 5.91 Å². The third kappa shape index (κ3) is 5.28. The predicted molar refractivity (Wildman–Crippen MR) is 168 cm³/mol. The van der Waals surface area contributed by atoms with Crippen LogP contribution in [-0.2, 0) is 19.1 Å². The fourth-order valence-electron chi connectivity index (χ4n) is 7.29. The van der Waals surface area contributed by atoms with Crippen molar-refractivity contribution in [2.75, 3.05) is 24.7 Å². The summed E-state index contributed by atoms with van der Waals surface area (Å²) in [7, 11) is 0. The van der Waals surface area contributed by atoms with E-state index in [-0.39, 0.29) is 48.7 Å². The molecule has 2 unspecified atom stereocenters. The highest BCUT2D eigenvalue weighted by molar-refractivity contribution is 8.02. The number of rotatable bonds is 13. The number of likely N-dealkylation sites (tertiary alicyclic amines) is 1. The number of hydrogen-bond acceptors (Lipinski definition) is 6. The quantitative estimate of drug-likeness (QED) is 0.192. The molecular weight excluding hydrogens is 548 g/mol. The number of carbonyl (C=O) groups excluding carboxylic acids is 3. The minimum atomic E-state index is -0.814. The van der Waals surface area contributed by atoms with Crippen LogP contribution in [0.5, 0.6) is 0 Å². The van der Waals surface area contributed by atoms with Crippen molar-refractivity contribution in [1.82, 2.24) is 4.90 Å². The van der Waals surface area contributed by atoms with Crippen LogP contribution in [-0.4, -0.2) is 69.6 Å². The molecule has 3 saturated heterocycles. The molecule has 2 aromatic rings. The highest BCUT2D eigenvalue weighted by atomic mass is 32.2. The molecular formula is C34H42N2O5S. The molecule has 3 fully saturated rings. The summed E-state index contributed by atoms with van der Waals surface area (Å²) in [5.74, 6) is -1.84. The number of unbranched alkanes of at least 4 members (excludes halogenated alkanes) is 1. The van der Waals surface area contributed by atoms with E-state index in [1.807, 2.05) is 56.3 Å². The van der Waals surface area contributed by atoms with E-state index in [9.17, 15) is 19.5 Å². The zero-order valence-corrected chi connectivity index (χ0v) is 25.4. The second-order valence-corrected chi connectivity index (χ2v) is 13.7. The standard InChI is InChI=1S/C34H42N2O5S/c1-5-7-10-18-41-33(40)28-27-15-16-34(42-27)29(28)31(38)36(26(21-37)19-22(3)4)30(34)32(39)35(17-6-2)25-14-13-23-11-8-9-12-24(23)20-25/h5-6,8-9,11-14,20,22,26-30,37H,1-2,7,10,15-19,21H2,3-4H3/t26-,27-,28+,29+,30?,34?/m1/s1. The van der Waals surface area contributed by atoms with E-state index in [2.05, 4.69) is 13.2 Å². The molecule has 3 aliphatic rings. The zero-order valence-electron chi connectivity index (χ0n) is 24.6. The summed E-state index contributed by atoms with van der Waals surface area (Å²) in [4.78, 5) is 46.1. The van der Waals surface area contributed by atoms with E-state index in [0.29, 0.717) is 19.3 Å². The normalized spacial score (nSPS) is 26.9. The van der Waals surface area contributed by atoms with Gasteiger partial charge in [0.05, 0.1) is 35.8 Å². The molecule has 2 amide bonds. The van der Waals surface area contributed by atoms with E-state index < -0.39 is 28.7 Å². The Morgan fingerprint density at radius 2 is 1.95 bits per heavy atom. The van der Waals surface area contributed by atoms with Crippen LogP contribution in [0.1, 0.15) is 46.0 Å².